The molecule has 0 aliphatic heterocycles. The molecule has 2 rings (SSSR count). The van der Waals surface area contributed by atoms with Crippen molar-refractivity contribution in [1.29, 1.82) is 0 Å². The van der Waals surface area contributed by atoms with Crippen LogP contribution in [0.2, 0.25) is 0 Å². The highest BCUT2D eigenvalue weighted by Gasteiger charge is 2.08. The topological polar surface area (TPSA) is 0 Å². The zero-order valence-corrected chi connectivity index (χ0v) is 9.33. The first kappa shape index (κ1) is 9.97. The van der Waals surface area contributed by atoms with E-state index < -0.39 is 0 Å². The van der Waals surface area contributed by atoms with Crippen LogP contribution in [0.5, 0.6) is 0 Å². The SMILES string of the molecule is C=CC(C)c1c(C)ccc2ccccc12. The molecule has 0 amide bonds. The van der Waals surface area contributed by atoms with Gasteiger partial charge >= 0.3 is 0 Å². The van der Waals surface area contributed by atoms with Crippen LogP contribution in [-0.2, 0) is 0 Å². The van der Waals surface area contributed by atoms with Crippen LogP contribution in [0.1, 0.15) is 24.0 Å². The standard InChI is InChI=1S/C15H16/c1-4-11(2)15-12(3)9-10-13-7-5-6-8-14(13)15/h4-11H,1H2,2-3H3. The van der Waals surface area contributed by atoms with Gasteiger partial charge in [-0.25, -0.2) is 0 Å². The molecule has 0 aliphatic carbocycles. The number of hydrogen-bond acceptors (Lipinski definition) is 0. The van der Waals surface area contributed by atoms with E-state index in [1.807, 2.05) is 6.08 Å². The minimum absolute atomic E-state index is 0.413. The van der Waals surface area contributed by atoms with Crippen LogP contribution in [-0.4, -0.2) is 0 Å². The molecule has 15 heavy (non-hydrogen) atoms. The molecule has 1 atom stereocenters. The van der Waals surface area contributed by atoms with E-state index in [0.717, 1.165) is 0 Å². The number of benzene rings is 2. The molecule has 0 aliphatic rings. The van der Waals surface area contributed by atoms with E-state index in [2.05, 4.69) is 56.8 Å². The van der Waals surface area contributed by atoms with Crippen molar-refractivity contribution >= 4 is 10.8 Å². The van der Waals surface area contributed by atoms with Crippen molar-refractivity contribution in [2.24, 2.45) is 0 Å². The molecule has 0 spiro atoms. The summed E-state index contributed by atoms with van der Waals surface area (Å²) in [7, 11) is 0. The van der Waals surface area contributed by atoms with E-state index in [9.17, 15) is 0 Å². The highest BCUT2D eigenvalue weighted by molar-refractivity contribution is 5.87. The lowest BCUT2D eigenvalue weighted by Crippen LogP contribution is -1.94. The van der Waals surface area contributed by atoms with E-state index in [-0.39, 0.29) is 0 Å². The van der Waals surface area contributed by atoms with Gasteiger partial charge in [0.05, 0.1) is 0 Å². The molecule has 76 valence electrons. The molecule has 0 radical (unpaired) electrons. The molecule has 0 saturated heterocycles. The molecule has 0 fully saturated rings. The summed E-state index contributed by atoms with van der Waals surface area (Å²) >= 11 is 0. The van der Waals surface area contributed by atoms with Gasteiger partial charge in [-0.2, -0.15) is 0 Å². The van der Waals surface area contributed by atoms with Gasteiger partial charge < -0.3 is 0 Å². The van der Waals surface area contributed by atoms with E-state index in [4.69, 9.17) is 0 Å². The predicted molar refractivity (Wildman–Crippen MR) is 67.3 cm³/mol. The fourth-order valence-corrected chi connectivity index (χ4v) is 2.13. The normalized spacial score (nSPS) is 12.7. The molecule has 0 N–H and O–H groups in total. The van der Waals surface area contributed by atoms with Crippen LogP contribution in [0.4, 0.5) is 0 Å². The Balaban J connectivity index is 2.79. The van der Waals surface area contributed by atoms with Crippen molar-refractivity contribution in [2.45, 2.75) is 19.8 Å². The quantitative estimate of drug-likeness (QED) is 0.623. The fourth-order valence-electron chi connectivity index (χ4n) is 2.13. The molecular weight excluding hydrogens is 180 g/mol. The lowest BCUT2D eigenvalue weighted by atomic mass is 9.91. The second-order valence-electron chi connectivity index (χ2n) is 4.04. The van der Waals surface area contributed by atoms with Crippen molar-refractivity contribution < 1.29 is 0 Å². The third-order valence-corrected chi connectivity index (χ3v) is 3.00. The highest BCUT2D eigenvalue weighted by atomic mass is 14.1. The Morgan fingerprint density at radius 1 is 1.13 bits per heavy atom. The van der Waals surface area contributed by atoms with Gasteiger partial charge in [0.1, 0.15) is 0 Å². The van der Waals surface area contributed by atoms with E-state index in [0.29, 0.717) is 5.92 Å². The van der Waals surface area contributed by atoms with Gasteiger partial charge in [-0.15, -0.1) is 6.58 Å². The van der Waals surface area contributed by atoms with Gasteiger partial charge in [0.25, 0.3) is 0 Å². The largest absolute Gasteiger partial charge is 0.102 e. The maximum atomic E-state index is 3.88. The second-order valence-corrected chi connectivity index (χ2v) is 4.04. The summed E-state index contributed by atoms with van der Waals surface area (Å²) in [5.41, 5.74) is 2.75. The monoisotopic (exact) mass is 196 g/mol. The van der Waals surface area contributed by atoms with Gasteiger partial charge in [0, 0.05) is 0 Å². The summed E-state index contributed by atoms with van der Waals surface area (Å²) < 4.78 is 0. The summed E-state index contributed by atoms with van der Waals surface area (Å²) in [5.74, 6) is 0.413. The number of hydrogen-bond donors (Lipinski definition) is 0. The lowest BCUT2D eigenvalue weighted by Gasteiger charge is -2.14. The Hall–Kier alpha value is -1.56. The van der Waals surface area contributed by atoms with Crippen LogP contribution >= 0.6 is 0 Å². The van der Waals surface area contributed by atoms with Gasteiger partial charge in [-0.1, -0.05) is 49.4 Å². The molecule has 0 heteroatoms. The smallest absolute Gasteiger partial charge is 0.000434 e. The maximum Gasteiger partial charge on any atom is -0.000434 e. The number of aryl methyl sites for hydroxylation is 1. The zero-order valence-electron chi connectivity index (χ0n) is 9.33. The molecule has 2 aromatic carbocycles. The first-order valence-corrected chi connectivity index (χ1v) is 5.35. The van der Waals surface area contributed by atoms with Crippen molar-refractivity contribution in [3.63, 3.8) is 0 Å². The Morgan fingerprint density at radius 2 is 1.87 bits per heavy atom. The summed E-state index contributed by atoms with van der Waals surface area (Å²) in [6.07, 6.45) is 2.01. The number of allylic oxidation sites excluding steroid dienone is 1. The van der Waals surface area contributed by atoms with Crippen LogP contribution in [0.15, 0.2) is 49.1 Å². The van der Waals surface area contributed by atoms with Crippen LogP contribution in [0.25, 0.3) is 10.8 Å². The second kappa shape index (κ2) is 3.90. The van der Waals surface area contributed by atoms with Crippen molar-refractivity contribution in [3.05, 3.63) is 60.2 Å². The fraction of sp³-hybridized carbons (Fsp3) is 0.200. The molecule has 2 aromatic rings. The Bertz CT molecular complexity index is 494. The first-order chi connectivity index (χ1) is 7.24. The predicted octanol–water partition coefficient (Wildman–Crippen LogP) is 4.44. The molecule has 0 bridgehead atoms. The average molecular weight is 196 g/mol. The minimum Gasteiger partial charge on any atom is -0.102 e. The van der Waals surface area contributed by atoms with Crippen molar-refractivity contribution in [3.8, 4) is 0 Å². The first-order valence-electron chi connectivity index (χ1n) is 5.35. The summed E-state index contributed by atoms with van der Waals surface area (Å²) in [6.45, 7) is 8.25. The van der Waals surface area contributed by atoms with E-state index in [1.165, 1.54) is 21.9 Å². The van der Waals surface area contributed by atoms with Crippen molar-refractivity contribution in [1.82, 2.24) is 0 Å². The third-order valence-electron chi connectivity index (χ3n) is 3.00. The molecule has 0 aromatic heterocycles. The van der Waals surface area contributed by atoms with E-state index >= 15 is 0 Å². The lowest BCUT2D eigenvalue weighted by molar-refractivity contribution is 0.969. The maximum absolute atomic E-state index is 3.88. The van der Waals surface area contributed by atoms with Crippen LogP contribution in [0.3, 0.4) is 0 Å². The van der Waals surface area contributed by atoms with Crippen LogP contribution in [0, 0.1) is 6.92 Å². The van der Waals surface area contributed by atoms with Crippen molar-refractivity contribution in [2.75, 3.05) is 0 Å². The zero-order chi connectivity index (χ0) is 10.8. The summed E-state index contributed by atoms with van der Waals surface area (Å²) in [6, 6.07) is 12.9. The molecule has 1 unspecified atom stereocenters. The van der Waals surface area contributed by atoms with E-state index in [1.54, 1.807) is 0 Å². The Labute approximate surface area is 91.2 Å². The molecule has 0 nitrogen and oxygen atoms in total. The highest BCUT2D eigenvalue weighted by Crippen LogP contribution is 2.29. The van der Waals surface area contributed by atoms with Gasteiger partial charge in [-0.3, -0.25) is 0 Å². The number of fused-ring (bicyclic) bond motifs is 1. The Kier molecular flexibility index (Phi) is 2.59. The molecular formula is C15H16. The average Bonchev–Trinajstić information content (AvgIpc) is 2.28. The Morgan fingerprint density at radius 3 is 2.60 bits per heavy atom. The van der Waals surface area contributed by atoms with Crippen LogP contribution < -0.4 is 0 Å². The van der Waals surface area contributed by atoms with Gasteiger partial charge in [-0.05, 0) is 34.7 Å². The van der Waals surface area contributed by atoms with Gasteiger partial charge in [0.2, 0.25) is 0 Å². The van der Waals surface area contributed by atoms with Gasteiger partial charge in [0.15, 0.2) is 0 Å². The minimum atomic E-state index is 0.413. The number of rotatable bonds is 2. The molecule has 0 saturated carbocycles. The summed E-state index contributed by atoms with van der Waals surface area (Å²) in [4.78, 5) is 0. The third kappa shape index (κ3) is 1.68. The molecule has 0 heterocycles. The summed E-state index contributed by atoms with van der Waals surface area (Å²) in [5, 5.41) is 2.66.